The van der Waals surface area contributed by atoms with Gasteiger partial charge in [0.05, 0.1) is 36.9 Å². The van der Waals surface area contributed by atoms with Gasteiger partial charge in [-0.2, -0.15) is 31.9 Å². The van der Waals surface area contributed by atoms with Crippen LogP contribution in [0.2, 0.25) is 0 Å². The van der Waals surface area contributed by atoms with Crippen LogP contribution in [0.3, 0.4) is 0 Å². The zero-order chi connectivity index (χ0) is 23.8. The number of nitrogens with one attached hydrogen (secondary N) is 1. The van der Waals surface area contributed by atoms with E-state index in [4.69, 9.17) is 5.26 Å². The van der Waals surface area contributed by atoms with Gasteiger partial charge in [0.1, 0.15) is 5.69 Å². The molecule has 0 saturated carbocycles. The van der Waals surface area contributed by atoms with Crippen molar-refractivity contribution in [2.45, 2.75) is 18.5 Å². The Bertz CT molecular complexity index is 1490. The first-order valence-electron chi connectivity index (χ1n) is 9.22. The van der Waals surface area contributed by atoms with E-state index in [9.17, 15) is 26.0 Å². The van der Waals surface area contributed by atoms with Crippen LogP contribution < -0.4 is 5.32 Å². The van der Waals surface area contributed by atoms with E-state index in [0.717, 1.165) is 12.4 Å². The normalized spacial score (nSPS) is 12.1. The molecule has 0 saturated heterocycles. The smallest absolute Gasteiger partial charge is 0.324 e. The summed E-state index contributed by atoms with van der Waals surface area (Å²) in [5.74, 6) is -0.705. The highest BCUT2D eigenvalue weighted by Crippen LogP contribution is 2.30. The number of anilines is 2. The third kappa shape index (κ3) is 4.22. The molecule has 1 aromatic carbocycles. The molecule has 3 aromatic heterocycles. The number of hydrogen-bond donors (Lipinski definition) is 1. The minimum Gasteiger partial charge on any atom is -0.324 e. The summed E-state index contributed by atoms with van der Waals surface area (Å²) >= 11 is 0. The van der Waals surface area contributed by atoms with Crippen LogP contribution in [0.15, 0.2) is 49.1 Å². The molecule has 0 amide bonds. The molecule has 0 aliphatic carbocycles. The molecule has 0 aliphatic heterocycles. The van der Waals surface area contributed by atoms with Crippen LogP contribution in [0.1, 0.15) is 6.42 Å². The molecule has 4 aromatic rings. The zero-order valence-electron chi connectivity index (χ0n) is 16.5. The number of rotatable bonds is 6. The van der Waals surface area contributed by atoms with Gasteiger partial charge in [-0.05, 0) is 24.3 Å². The van der Waals surface area contributed by atoms with Crippen molar-refractivity contribution in [3.8, 4) is 17.3 Å². The Morgan fingerprint density at radius 2 is 1.97 bits per heavy atom. The van der Waals surface area contributed by atoms with Gasteiger partial charge in [0.15, 0.2) is 5.82 Å². The van der Waals surface area contributed by atoms with Crippen molar-refractivity contribution in [1.82, 2.24) is 23.7 Å². The van der Waals surface area contributed by atoms with Crippen molar-refractivity contribution < 1.29 is 26.0 Å². The number of aryl methyl sites for hydroxylation is 1. The van der Waals surface area contributed by atoms with E-state index in [2.05, 4.69) is 20.4 Å². The van der Waals surface area contributed by atoms with E-state index in [1.807, 2.05) is 6.07 Å². The zero-order valence-corrected chi connectivity index (χ0v) is 17.3. The maximum Gasteiger partial charge on any atom is 0.517 e. The highest BCUT2D eigenvalue weighted by molar-refractivity contribution is 7.90. The van der Waals surface area contributed by atoms with E-state index in [0.29, 0.717) is 17.8 Å². The molecule has 4 rings (SSSR count). The summed E-state index contributed by atoms with van der Waals surface area (Å²) in [6, 6.07) is 7.15. The van der Waals surface area contributed by atoms with Crippen LogP contribution in [-0.4, -0.2) is 37.6 Å². The Hall–Kier alpha value is -3.99. The number of alkyl halides is 3. The molecule has 170 valence electrons. The van der Waals surface area contributed by atoms with Crippen molar-refractivity contribution in [3.63, 3.8) is 0 Å². The number of hydrogen-bond acceptors (Lipinski definition) is 7. The Balaban J connectivity index is 1.62. The van der Waals surface area contributed by atoms with Gasteiger partial charge in [-0.1, -0.05) is 0 Å². The van der Waals surface area contributed by atoms with Crippen LogP contribution >= 0.6 is 0 Å². The van der Waals surface area contributed by atoms with Crippen LogP contribution in [0.4, 0.5) is 29.2 Å². The average molecular weight is 479 g/mol. The fraction of sp³-hybridized carbons (Fsp3) is 0.158. The quantitative estimate of drug-likeness (QED) is 0.418. The minimum absolute atomic E-state index is 0.00197. The second kappa shape index (κ2) is 8.17. The Morgan fingerprint density at radius 3 is 2.70 bits per heavy atom. The number of aromatic nitrogens is 5. The minimum atomic E-state index is -5.57. The second-order valence-corrected chi connectivity index (χ2v) is 8.56. The topological polar surface area (TPSA) is 118 Å². The third-order valence-corrected chi connectivity index (χ3v) is 5.99. The van der Waals surface area contributed by atoms with Crippen molar-refractivity contribution in [3.05, 3.63) is 54.9 Å². The number of benzene rings is 1. The summed E-state index contributed by atoms with van der Waals surface area (Å²) in [7, 11) is -5.57. The van der Waals surface area contributed by atoms with E-state index >= 15 is 0 Å². The molecule has 0 spiro atoms. The van der Waals surface area contributed by atoms with E-state index in [1.54, 1.807) is 0 Å². The fourth-order valence-corrected chi connectivity index (χ4v) is 3.92. The van der Waals surface area contributed by atoms with E-state index in [-0.39, 0.29) is 32.9 Å². The van der Waals surface area contributed by atoms with E-state index in [1.165, 1.54) is 41.3 Å². The van der Waals surface area contributed by atoms with Gasteiger partial charge in [0.2, 0.25) is 5.95 Å². The predicted molar refractivity (Wildman–Crippen MR) is 109 cm³/mol. The van der Waals surface area contributed by atoms with Gasteiger partial charge in [-0.25, -0.2) is 18.3 Å². The van der Waals surface area contributed by atoms with Crippen LogP contribution in [0.25, 0.3) is 22.2 Å². The standard InChI is InChI=1S/C19H13F4N7O2S/c20-15-10-25-18(28-17(15)13-9-26-29(11-13)6-1-5-24)27-14-2-3-16-12(8-14)4-7-30(16)33(31,32)19(21,22)23/h2-4,7-11H,1,6H2,(H,25,27,28). The third-order valence-electron chi connectivity index (χ3n) is 4.57. The molecular weight excluding hydrogens is 466 g/mol. The highest BCUT2D eigenvalue weighted by atomic mass is 32.2. The maximum absolute atomic E-state index is 14.3. The van der Waals surface area contributed by atoms with Gasteiger partial charge in [-0.3, -0.25) is 4.68 Å². The molecule has 0 aliphatic rings. The monoisotopic (exact) mass is 479 g/mol. The van der Waals surface area contributed by atoms with Crippen LogP contribution in [0, 0.1) is 17.1 Å². The summed E-state index contributed by atoms with van der Waals surface area (Å²) in [4.78, 5) is 7.98. The molecule has 9 nitrogen and oxygen atoms in total. The SMILES string of the molecule is N#CCCn1cc(-c2nc(Nc3ccc4c(ccn4S(=O)(=O)C(F)(F)F)c3)ncc2F)cn1. The second-order valence-electron chi connectivity index (χ2n) is 6.75. The van der Waals surface area contributed by atoms with Crippen molar-refractivity contribution in [2.75, 3.05) is 5.32 Å². The molecule has 0 unspecified atom stereocenters. The molecule has 1 N–H and O–H groups in total. The number of nitriles is 1. The van der Waals surface area contributed by atoms with Gasteiger partial charge < -0.3 is 5.32 Å². The number of halogens is 4. The van der Waals surface area contributed by atoms with Gasteiger partial charge >= 0.3 is 15.5 Å². The first-order chi connectivity index (χ1) is 15.6. The molecule has 33 heavy (non-hydrogen) atoms. The molecular formula is C19H13F4N7O2S. The molecule has 0 bridgehead atoms. The summed E-state index contributed by atoms with van der Waals surface area (Å²) in [6.45, 7) is 0.331. The highest BCUT2D eigenvalue weighted by Gasteiger charge is 2.47. The van der Waals surface area contributed by atoms with Gasteiger partial charge in [0, 0.05) is 29.0 Å². The van der Waals surface area contributed by atoms with Crippen LogP contribution in [0.5, 0.6) is 0 Å². The first-order valence-corrected chi connectivity index (χ1v) is 10.7. The maximum atomic E-state index is 14.3. The summed E-state index contributed by atoms with van der Waals surface area (Å²) in [6.07, 6.45) is 4.91. The first kappa shape index (κ1) is 22.2. The van der Waals surface area contributed by atoms with E-state index < -0.39 is 21.3 Å². The van der Waals surface area contributed by atoms with Crippen molar-refractivity contribution >= 4 is 32.6 Å². The van der Waals surface area contributed by atoms with Crippen molar-refractivity contribution in [2.24, 2.45) is 0 Å². The van der Waals surface area contributed by atoms with Gasteiger partial charge in [0.25, 0.3) is 0 Å². The lowest BCUT2D eigenvalue weighted by atomic mass is 10.2. The van der Waals surface area contributed by atoms with Gasteiger partial charge in [-0.15, -0.1) is 0 Å². The average Bonchev–Trinajstić information content (AvgIpc) is 3.40. The largest absolute Gasteiger partial charge is 0.517 e. The Morgan fingerprint density at radius 1 is 1.18 bits per heavy atom. The molecule has 0 fully saturated rings. The lowest BCUT2D eigenvalue weighted by Crippen LogP contribution is -2.29. The molecule has 14 heteroatoms. The van der Waals surface area contributed by atoms with Crippen LogP contribution in [-0.2, 0) is 16.6 Å². The molecule has 3 heterocycles. The fourth-order valence-electron chi connectivity index (χ4n) is 3.05. The Labute approximate surface area is 184 Å². The summed E-state index contributed by atoms with van der Waals surface area (Å²) < 4.78 is 78.0. The Kier molecular flexibility index (Phi) is 5.50. The predicted octanol–water partition coefficient (Wildman–Crippen LogP) is 3.79. The number of nitrogens with zero attached hydrogens (tertiary/aromatic N) is 6. The molecule has 0 radical (unpaired) electrons. The molecule has 0 atom stereocenters. The lowest BCUT2D eigenvalue weighted by molar-refractivity contribution is -0.0445. The van der Waals surface area contributed by atoms with Crippen molar-refractivity contribution in [1.29, 1.82) is 5.26 Å². The summed E-state index contributed by atoms with van der Waals surface area (Å²) in [5, 5.41) is 15.7. The lowest BCUT2D eigenvalue weighted by Gasteiger charge is -2.11. The summed E-state index contributed by atoms with van der Waals surface area (Å²) in [5.41, 5.74) is -4.95. The number of fused-ring (bicyclic) bond motifs is 1.